The van der Waals surface area contributed by atoms with E-state index in [4.69, 9.17) is 0 Å². The van der Waals surface area contributed by atoms with Crippen LogP contribution in [0.1, 0.15) is 12.2 Å². The molecule has 0 aliphatic carbocycles. The van der Waals surface area contributed by atoms with Crippen molar-refractivity contribution in [2.24, 2.45) is 0 Å². The van der Waals surface area contributed by atoms with Crippen molar-refractivity contribution >= 4 is 5.91 Å². The van der Waals surface area contributed by atoms with Gasteiger partial charge in [0.25, 0.3) is 0 Å². The molecule has 3 rings (SSSR count). The van der Waals surface area contributed by atoms with Crippen LogP contribution in [0.4, 0.5) is 13.2 Å². The third kappa shape index (κ3) is 4.41. The minimum absolute atomic E-state index is 0.114. The number of carbonyl (C=O) groups is 1. The van der Waals surface area contributed by atoms with Gasteiger partial charge in [0, 0.05) is 6.20 Å². The van der Waals surface area contributed by atoms with Crippen molar-refractivity contribution in [3.8, 4) is 22.5 Å². The van der Waals surface area contributed by atoms with Crippen LogP contribution in [0.25, 0.3) is 22.5 Å². The van der Waals surface area contributed by atoms with E-state index in [-0.39, 0.29) is 24.0 Å². The van der Waals surface area contributed by atoms with Gasteiger partial charge in [-0.3, -0.25) is 4.79 Å². The monoisotopic (exact) mass is 372 g/mol. The third-order valence-corrected chi connectivity index (χ3v) is 3.76. The Kier molecular flexibility index (Phi) is 5.35. The van der Waals surface area contributed by atoms with Gasteiger partial charge in [0.15, 0.2) is 0 Å². The molecule has 5 nitrogen and oxygen atoms in total. The van der Waals surface area contributed by atoms with E-state index in [1.807, 2.05) is 0 Å². The van der Waals surface area contributed by atoms with Crippen molar-refractivity contribution in [3.63, 3.8) is 0 Å². The molecular formula is C19H15F3N4O. The zero-order chi connectivity index (χ0) is 19.4. The fourth-order valence-corrected chi connectivity index (χ4v) is 2.45. The molecule has 8 heteroatoms. The number of nitrogens with one attached hydrogen (secondary N) is 1. The van der Waals surface area contributed by atoms with Gasteiger partial charge in [-0.05, 0) is 47.5 Å². The predicted octanol–water partition coefficient (Wildman–Crippen LogP) is 3.95. The van der Waals surface area contributed by atoms with Crippen LogP contribution < -0.4 is 5.32 Å². The summed E-state index contributed by atoms with van der Waals surface area (Å²) in [6, 6.07) is 10.7. The molecule has 138 valence electrons. The van der Waals surface area contributed by atoms with Crippen molar-refractivity contribution in [3.05, 3.63) is 72.8 Å². The first-order valence-electron chi connectivity index (χ1n) is 7.97. The Morgan fingerprint density at radius 3 is 2.52 bits per heavy atom. The molecule has 0 unspecified atom stereocenters. The lowest BCUT2D eigenvalue weighted by Gasteiger charge is -2.09. The largest absolute Gasteiger partial charge is 0.347 e. The number of nitrogens with zero attached hydrogens (tertiary/aromatic N) is 3. The lowest BCUT2D eigenvalue weighted by molar-refractivity contribution is -0.116. The number of hydrogen-bond donors (Lipinski definition) is 1. The second-order valence-corrected chi connectivity index (χ2v) is 5.62. The van der Waals surface area contributed by atoms with E-state index in [1.54, 1.807) is 24.3 Å². The summed E-state index contributed by atoms with van der Waals surface area (Å²) in [5.74, 6) is -0.741. The third-order valence-electron chi connectivity index (χ3n) is 3.76. The van der Waals surface area contributed by atoms with Gasteiger partial charge in [0.1, 0.15) is 11.5 Å². The van der Waals surface area contributed by atoms with Gasteiger partial charge in [-0.15, -0.1) is 0 Å². The molecular weight excluding hydrogens is 357 g/mol. The van der Waals surface area contributed by atoms with Crippen LogP contribution in [0.5, 0.6) is 0 Å². The molecule has 3 aromatic rings. The molecule has 27 heavy (non-hydrogen) atoms. The Morgan fingerprint density at radius 1 is 1.15 bits per heavy atom. The molecule has 0 fully saturated rings. The number of aromatic nitrogens is 3. The average molecular weight is 372 g/mol. The lowest BCUT2D eigenvalue weighted by Crippen LogP contribution is -2.20. The summed E-state index contributed by atoms with van der Waals surface area (Å²) in [4.78, 5) is 15.8. The summed E-state index contributed by atoms with van der Waals surface area (Å²) < 4.78 is 39.3. The summed E-state index contributed by atoms with van der Waals surface area (Å²) in [5, 5.41) is 6.44. The number of pyridine rings is 1. The number of carbonyl (C=O) groups excluding carboxylic acids is 1. The maximum absolute atomic E-state index is 13.2. The Labute approximate surface area is 153 Å². The highest BCUT2D eigenvalue weighted by Crippen LogP contribution is 2.26. The average Bonchev–Trinajstić information content (AvgIpc) is 3.17. The molecule has 0 bridgehead atoms. The number of benzene rings is 1. The summed E-state index contributed by atoms with van der Waals surface area (Å²) >= 11 is 0. The van der Waals surface area contributed by atoms with E-state index >= 15 is 0 Å². The minimum atomic E-state index is -2.76. The van der Waals surface area contributed by atoms with Crippen molar-refractivity contribution < 1.29 is 18.0 Å². The fraction of sp³-hybridized carbons (Fsp3) is 0.105. The van der Waals surface area contributed by atoms with Crippen molar-refractivity contribution in [1.29, 1.82) is 0 Å². The fourth-order valence-electron chi connectivity index (χ4n) is 2.45. The predicted molar refractivity (Wildman–Crippen MR) is 94.1 cm³/mol. The second-order valence-electron chi connectivity index (χ2n) is 5.62. The van der Waals surface area contributed by atoms with Gasteiger partial charge in [0.05, 0.1) is 17.9 Å². The molecule has 0 spiro atoms. The molecule has 1 N–H and O–H groups in total. The number of alkyl halides is 2. The summed E-state index contributed by atoms with van der Waals surface area (Å²) in [6.45, 7) is 0.734. The highest BCUT2D eigenvalue weighted by atomic mass is 19.3. The molecule has 2 aromatic heterocycles. The van der Waals surface area contributed by atoms with Crippen LogP contribution in [0.2, 0.25) is 0 Å². The highest BCUT2D eigenvalue weighted by Gasteiger charge is 2.13. The second kappa shape index (κ2) is 7.86. The number of rotatable bonds is 6. The number of hydrogen-bond acceptors (Lipinski definition) is 3. The molecule has 0 atom stereocenters. The normalized spacial score (nSPS) is 10.8. The van der Waals surface area contributed by atoms with Gasteiger partial charge in [-0.25, -0.2) is 14.1 Å². The minimum Gasteiger partial charge on any atom is -0.347 e. The van der Waals surface area contributed by atoms with E-state index in [1.165, 1.54) is 18.2 Å². The van der Waals surface area contributed by atoms with Crippen molar-refractivity contribution in [1.82, 2.24) is 20.1 Å². The van der Waals surface area contributed by atoms with Gasteiger partial charge < -0.3 is 5.32 Å². The van der Waals surface area contributed by atoms with Crippen LogP contribution in [0, 0.1) is 5.82 Å². The van der Waals surface area contributed by atoms with Gasteiger partial charge in [0.2, 0.25) is 5.91 Å². The molecule has 0 saturated carbocycles. The van der Waals surface area contributed by atoms with Crippen LogP contribution in [-0.2, 0) is 11.3 Å². The molecule has 0 aliphatic rings. The van der Waals surface area contributed by atoms with E-state index < -0.39 is 6.55 Å². The van der Waals surface area contributed by atoms with E-state index in [0.717, 1.165) is 12.3 Å². The lowest BCUT2D eigenvalue weighted by atomic mass is 10.0. The van der Waals surface area contributed by atoms with Crippen LogP contribution >= 0.6 is 0 Å². The Hall–Kier alpha value is -3.42. The first kappa shape index (κ1) is 18.4. The van der Waals surface area contributed by atoms with Gasteiger partial charge in [-0.1, -0.05) is 18.7 Å². The van der Waals surface area contributed by atoms with Crippen LogP contribution in [-0.4, -0.2) is 20.7 Å². The molecule has 0 aliphatic heterocycles. The van der Waals surface area contributed by atoms with Crippen LogP contribution in [0.15, 0.2) is 61.3 Å². The molecule has 2 heterocycles. The smallest absolute Gasteiger partial charge is 0.333 e. The molecule has 1 amide bonds. The zero-order valence-electron chi connectivity index (χ0n) is 14.1. The quantitative estimate of drug-likeness (QED) is 0.667. The van der Waals surface area contributed by atoms with Crippen molar-refractivity contribution in [2.45, 2.75) is 13.1 Å². The zero-order valence-corrected chi connectivity index (χ0v) is 14.1. The highest BCUT2D eigenvalue weighted by molar-refractivity contribution is 5.86. The Bertz CT molecular complexity index is 967. The Morgan fingerprint density at radius 2 is 1.89 bits per heavy atom. The molecule has 0 saturated heterocycles. The number of halogens is 3. The number of amides is 1. The van der Waals surface area contributed by atoms with E-state index in [0.29, 0.717) is 27.2 Å². The van der Waals surface area contributed by atoms with Gasteiger partial charge >= 0.3 is 6.55 Å². The standard InChI is InChI=1S/C19H15F3N4O/c1-2-18(27)23-11-15-9-13(12-3-5-14(20)6-4-12)10-17(24-15)16-7-8-26(25-16)19(21)22/h2-10,19H,1,11H2,(H,23,27). The summed E-state index contributed by atoms with van der Waals surface area (Å²) in [6.07, 6.45) is 2.29. The van der Waals surface area contributed by atoms with Crippen molar-refractivity contribution in [2.75, 3.05) is 0 Å². The summed E-state index contributed by atoms with van der Waals surface area (Å²) in [5.41, 5.74) is 2.52. The summed E-state index contributed by atoms with van der Waals surface area (Å²) in [7, 11) is 0. The van der Waals surface area contributed by atoms with E-state index in [2.05, 4.69) is 22.0 Å². The van der Waals surface area contributed by atoms with Crippen LogP contribution in [0.3, 0.4) is 0 Å². The Balaban J connectivity index is 2.02. The first-order valence-corrected chi connectivity index (χ1v) is 7.97. The first-order chi connectivity index (χ1) is 13.0. The van der Waals surface area contributed by atoms with Gasteiger partial charge in [-0.2, -0.15) is 13.9 Å². The topological polar surface area (TPSA) is 59.8 Å². The molecule has 1 aromatic carbocycles. The van der Waals surface area contributed by atoms with E-state index in [9.17, 15) is 18.0 Å². The SMILES string of the molecule is C=CC(=O)NCc1cc(-c2ccc(F)cc2)cc(-c2ccn(C(F)F)n2)n1. The maximum atomic E-state index is 13.2. The molecule has 0 radical (unpaired) electrons. The maximum Gasteiger partial charge on any atom is 0.333 e.